The lowest BCUT2D eigenvalue weighted by Crippen LogP contribution is -2.12. The van der Waals surface area contributed by atoms with E-state index in [0.717, 1.165) is 18.7 Å². The molecule has 1 aromatic heterocycles. The van der Waals surface area contributed by atoms with Gasteiger partial charge in [-0.05, 0) is 19.2 Å². The second-order valence-electron chi connectivity index (χ2n) is 4.07. The summed E-state index contributed by atoms with van der Waals surface area (Å²) in [6, 6.07) is 6.57. The number of aromatic nitrogens is 2. The highest BCUT2D eigenvalue weighted by molar-refractivity contribution is 6.30. The summed E-state index contributed by atoms with van der Waals surface area (Å²) in [4.78, 5) is 4.25. The smallest absolute Gasteiger partial charge is 0.151 e. The number of imidazole rings is 1. The topological polar surface area (TPSA) is 29.9 Å². The van der Waals surface area contributed by atoms with Crippen LogP contribution in [0.15, 0.2) is 24.3 Å². The highest BCUT2D eigenvalue weighted by atomic mass is 35.5. The summed E-state index contributed by atoms with van der Waals surface area (Å²) in [5.41, 5.74) is 1.38. The van der Waals surface area contributed by atoms with Crippen molar-refractivity contribution in [2.75, 3.05) is 13.6 Å². The fourth-order valence-corrected chi connectivity index (χ4v) is 2.20. The van der Waals surface area contributed by atoms with Crippen LogP contribution in [0.2, 0.25) is 5.15 Å². The molecule has 0 saturated carbocycles. The van der Waals surface area contributed by atoms with Gasteiger partial charge in [-0.2, -0.15) is 0 Å². The van der Waals surface area contributed by atoms with Crippen LogP contribution in [0.5, 0.6) is 0 Å². The minimum atomic E-state index is -0.289. The molecule has 0 fully saturated rings. The van der Waals surface area contributed by atoms with Crippen molar-refractivity contribution in [2.45, 2.75) is 6.42 Å². The number of hydrogen-bond donors (Lipinski definition) is 1. The van der Waals surface area contributed by atoms with E-state index in [0.29, 0.717) is 16.5 Å². The second-order valence-corrected chi connectivity index (χ2v) is 4.42. The monoisotopic (exact) mass is 267 g/mol. The van der Waals surface area contributed by atoms with Crippen molar-refractivity contribution in [3.8, 4) is 11.4 Å². The number of rotatable bonds is 4. The molecule has 0 radical (unpaired) electrons. The van der Waals surface area contributed by atoms with Gasteiger partial charge in [0.1, 0.15) is 11.6 Å². The van der Waals surface area contributed by atoms with Gasteiger partial charge in [-0.3, -0.25) is 0 Å². The predicted molar refractivity (Wildman–Crippen MR) is 71.2 cm³/mol. The van der Waals surface area contributed by atoms with Crippen LogP contribution in [-0.4, -0.2) is 23.1 Å². The van der Waals surface area contributed by atoms with E-state index in [9.17, 15) is 4.39 Å². The number of nitrogens with one attached hydrogen (secondary N) is 1. The molecule has 2 rings (SSSR count). The Morgan fingerprint density at radius 3 is 2.78 bits per heavy atom. The first kappa shape index (κ1) is 13.1. The first-order valence-electron chi connectivity index (χ1n) is 5.75. The number of likely N-dealkylation sites (N-methyl/N-ethyl adjacent to an activating group) is 1. The van der Waals surface area contributed by atoms with E-state index in [4.69, 9.17) is 11.6 Å². The normalized spacial score (nSPS) is 10.9. The van der Waals surface area contributed by atoms with Crippen molar-refractivity contribution in [3.05, 3.63) is 40.9 Å². The van der Waals surface area contributed by atoms with Gasteiger partial charge in [0.05, 0.1) is 11.3 Å². The SMILES string of the molecule is CNCCc1c(Cl)nc(-c2ccccc2F)n1C. The second kappa shape index (κ2) is 5.50. The Morgan fingerprint density at radius 2 is 2.11 bits per heavy atom. The highest BCUT2D eigenvalue weighted by Gasteiger charge is 2.16. The fourth-order valence-electron chi connectivity index (χ4n) is 1.90. The highest BCUT2D eigenvalue weighted by Crippen LogP contribution is 2.26. The van der Waals surface area contributed by atoms with Gasteiger partial charge in [0, 0.05) is 20.0 Å². The molecular formula is C13H15ClFN3. The zero-order valence-electron chi connectivity index (χ0n) is 10.4. The van der Waals surface area contributed by atoms with Crippen LogP contribution in [0, 0.1) is 5.82 Å². The van der Waals surface area contributed by atoms with Crippen molar-refractivity contribution < 1.29 is 4.39 Å². The maximum absolute atomic E-state index is 13.7. The lowest BCUT2D eigenvalue weighted by molar-refractivity contribution is 0.628. The van der Waals surface area contributed by atoms with Crippen molar-refractivity contribution in [1.29, 1.82) is 0 Å². The zero-order valence-corrected chi connectivity index (χ0v) is 11.1. The zero-order chi connectivity index (χ0) is 13.1. The lowest BCUT2D eigenvalue weighted by atomic mass is 10.2. The number of hydrogen-bond acceptors (Lipinski definition) is 2. The van der Waals surface area contributed by atoms with Gasteiger partial charge in [-0.25, -0.2) is 9.37 Å². The Labute approximate surface area is 111 Å². The summed E-state index contributed by atoms with van der Waals surface area (Å²) in [6.45, 7) is 0.802. The molecule has 0 aliphatic heterocycles. The molecule has 2 aromatic rings. The third-order valence-corrected chi connectivity index (χ3v) is 3.19. The van der Waals surface area contributed by atoms with Crippen molar-refractivity contribution in [1.82, 2.24) is 14.9 Å². The van der Waals surface area contributed by atoms with Crippen molar-refractivity contribution in [3.63, 3.8) is 0 Å². The molecule has 0 amide bonds. The maximum Gasteiger partial charge on any atom is 0.151 e. The molecule has 0 atom stereocenters. The van der Waals surface area contributed by atoms with Gasteiger partial charge in [0.25, 0.3) is 0 Å². The average molecular weight is 268 g/mol. The molecule has 0 saturated heterocycles. The van der Waals surface area contributed by atoms with E-state index in [1.807, 2.05) is 18.7 Å². The fraction of sp³-hybridized carbons (Fsp3) is 0.308. The molecule has 1 aromatic carbocycles. The summed E-state index contributed by atoms with van der Waals surface area (Å²) >= 11 is 6.11. The van der Waals surface area contributed by atoms with Gasteiger partial charge in [-0.1, -0.05) is 23.7 Å². The Bertz CT molecular complexity index is 551. The summed E-state index contributed by atoms with van der Waals surface area (Å²) in [5, 5.41) is 3.49. The number of halogens is 2. The number of benzene rings is 1. The summed E-state index contributed by atoms with van der Waals surface area (Å²) in [5.74, 6) is 0.270. The molecule has 3 nitrogen and oxygen atoms in total. The Morgan fingerprint density at radius 1 is 1.39 bits per heavy atom. The summed E-state index contributed by atoms with van der Waals surface area (Å²) < 4.78 is 15.6. The van der Waals surface area contributed by atoms with Crippen LogP contribution in [0.3, 0.4) is 0 Å². The van der Waals surface area contributed by atoms with Crippen LogP contribution in [0.1, 0.15) is 5.69 Å². The molecule has 0 aliphatic rings. The standard InChI is InChI=1S/C13H15ClFN3/c1-16-8-7-11-12(14)17-13(18(11)2)9-5-3-4-6-10(9)15/h3-6,16H,7-8H2,1-2H3. The first-order chi connectivity index (χ1) is 8.65. The third-order valence-electron chi connectivity index (χ3n) is 2.89. The predicted octanol–water partition coefficient (Wildman–Crippen LogP) is 2.64. The van der Waals surface area contributed by atoms with E-state index >= 15 is 0 Å². The first-order valence-corrected chi connectivity index (χ1v) is 6.13. The van der Waals surface area contributed by atoms with E-state index in [1.54, 1.807) is 18.2 Å². The van der Waals surface area contributed by atoms with E-state index in [1.165, 1.54) is 6.07 Å². The van der Waals surface area contributed by atoms with Gasteiger partial charge in [0.15, 0.2) is 5.15 Å². The van der Waals surface area contributed by atoms with E-state index in [-0.39, 0.29) is 5.82 Å². The van der Waals surface area contributed by atoms with E-state index < -0.39 is 0 Å². The lowest BCUT2D eigenvalue weighted by Gasteiger charge is -2.06. The molecule has 5 heteroatoms. The van der Waals surface area contributed by atoms with Crippen LogP contribution in [0.4, 0.5) is 4.39 Å². The minimum Gasteiger partial charge on any atom is -0.330 e. The Kier molecular flexibility index (Phi) is 3.99. The molecule has 1 heterocycles. The van der Waals surface area contributed by atoms with Gasteiger partial charge < -0.3 is 9.88 Å². The molecule has 0 unspecified atom stereocenters. The molecule has 0 bridgehead atoms. The van der Waals surface area contributed by atoms with Crippen LogP contribution in [0.25, 0.3) is 11.4 Å². The number of nitrogens with zero attached hydrogens (tertiary/aromatic N) is 2. The average Bonchev–Trinajstić information content (AvgIpc) is 2.63. The van der Waals surface area contributed by atoms with E-state index in [2.05, 4.69) is 10.3 Å². The Hall–Kier alpha value is -1.39. The van der Waals surface area contributed by atoms with Crippen LogP contribution >= 0.6 is 11.6 Å². The Balaban J connectivity index is 2.44. The molecule has 0 aliphatic carbocycles. The molecule has 96 valence electrons. The van der Waals surface area contributed by atoms with Gasteiger partial charge in [-0.15, -0.1) is 0 Å². The van der Waals surface area contributed by atoms with Gasteiger partial charge in [0.2, 0.25) is 0 Å². The molecule has 1 N–H and O–H groups in total. The largest absolute Gasteiger partial charge is 0.330 e. The van der Waals surface area contributed by atoms with Gasteiger partial charge >= 0.3 is 0 Å². The van der Waals surface area contributed by atoms with Crippen LogP contribution < -0.4 is 5.32 Å². The summed E-state index contributed by atoms with van der Waals surface area (Å²) in [7, 11) is 3.73. The minimum absolute atomic E-state index is 0.289. The van der Waals surface area contributed by atoms with Crippen molar-refractivity contribution in [2.24, 2.45) is 7.05 Å². The molecular weight excluding hydrogens is 253 g/mol. The molecule has 18 heavy (non-hydrogen) atoms. The summed E-state index contributed by atoms with van der Waals surface area (Å²) in [6.07, 6.45) is 0.757. The van der Waals surface area contributed by atoms with Crippen molar-refractivity contribution >= 4 is 11.6 Å². The third kappa shape index (κ3) is 2.40. The quantitative estimate of drug-likeness (QED) is 0.923. The molecule has 0 spiro atoms. The maximum atomic E-state index is 13.7. The van der Waals surface area contributed by atoms with Crippen LogP contribution in [-0.2, 0) is 13.5 Å².